The first-order chi connectivity index (χ1) is 12.3. The van der Waals surface area contributed by atoms with Crippen LogP contribution in [-0.2, 0) is 14.8 Å². The first kappa shape index (κ1) is 20.4. The number of sulfonamides is 1. The van der Waals surface area contributed by atoms with Crippen LogP contribution in [0.1, 0.15) is 32.6 Å². The first-order valence-electron chi connectivity index (χ1n) is 8.85. The maximum Gasteiger partial charge on any atom is 0.236 e. The number of H-pyrrole nitrogens is 1. The number of amides is 1. The van der Waals surface area contributed by atoms with Gasteiger partial charge in [0.2, 0.25) is 15.9 Å². The number of carbonyl (C=O) groups excluding carboxylic acids is 1. The monoisotopic (exact) mass is 380 g/mol. The minimum Gasteiger partial charge on any atom is -0.352 e. The number of rotatable bonds is 4. The number of nitrogens with zero attached hydrogens (tertiary/aromatic N) is 2. The van der Waals surface area contributed by atoms with E-state index in [-0.39, 0.29) is 6.04 Å². The molecule has 1 fully saturated rings. The van der Waals surface area contributed by atoms with Gasteiger partial charge in [0, 0.05) is 20.1 Å². The van der Waals surface area contributed by atoms with Gasteiger partial charge in [0.1, 0.15) is 5.75 Å². The van der Waals surface area contributed by atoms with Crippen molar-refractivity contribution >= 4 is 27.0 Å². The summed E-state index contributed by atoms with van der Waals surface area (Å²) in [7, 11) is -0.569. The average molecular weight is 381 g/mol. The molecular formula is C18H28N4O3S. The third-order valence-electron chi connectivity index (χ3n) is 4.50. The molecule has 1 aromatic carbocycles. The van der Waals surface area contributed by atoms with Crippen LogP contribution in [0, 0.1) is 5.92 Å². The van der Waals surface area contributed by atoms with Crippen LogP contribution in [0.2, 0.25) is 0 Å². The minimum absolute atomic E-state index is 0.142. The van der Waals surface area contributed by atoms with Crippen LogP contribution in [0.25, 0.3) is 11.0 Å². The number of aromatic nitrogens is 2. The fourth-order valence-electron chi connectivity index (χ4n) is 3.01. The number of para-hydroxylation sites is 2. The molecule has 26 heavy (non-hydrogen) atoms. The Morgan fingerprint density at radius 3 is 2.69 bits per heavy atom. The van der Waals surface area contributed by atoms with Crippen LogP contribution in [0.3, 0.4) is 0 Å². The summed E-state index contributed by atoms with van der Waals surface area (Å²) < 4.78 is 24.1. The molecule has 1 heterocycles. The lowest BCUT2D eigenvalue weighted by Crippen LogP contribution is -2.42. The van der Waals surface area contributed by atoms with Crippen molar-refractivity contribution in [1.82, 2.24) is 19.6 Å². The van der Waals surface area contributed by atoms with Gasteiger partial charge in [-0.2, -0.15) is 0 Å². The summed E-state index contributed by atoms with van der Waals surface area (Å²) >= 11 is 0. The Morgan fingerprint density at radius 2 is 2.04 bits per heavy atom. The van der Waals surface area contributed by atoms with Crippen molar-refractivity contribution in [3.05, 3.63) is 30.6 Å². The number of benzene rings is 1. The highest BCUT2D eigenvalue weighted by atomic mass is 32.2. The van der Waals surface area contributed by atoms with E-state index >= 15 is 0 Å². The molecule has 3 rings (SSSR count). The van der Waals surface area contributed by atoms with Crippen molar-refractivity contribution in [2.45, 2.75) is 38.6 Å². The first-order valence-corrected chi connectivity index (χ1v) is 10.5. The number of imidazole rings is 1. The van der Waals surface area contributed by atoms with Gasteiger partial charge in [-0.1, -0.05) is 31.9 Å². The standard InChI is InChI=1S/C11H22N2O3S.C7H6N2/c1-9-5-4-6-10(7-9)12-11(14)8-17(15,16)13(2)3;1-2-4-7-6(3-1)8-5-9-7/h9-10H,4-8H2,1-3H3,(H,12,14);1-5H,(H,8,9). The van der Waals surface area contributed by atoms with Crippen molar-refractivity contribution < 1.29 is 13.2 Å². The lowest BCUT2D eigenvalue weighted by molar-refractivity contribution is -0.119. The van der Waals surface area contributed by atoms with E-state index in [1.807, 2.05) is 24.3 Å². The predicted molar refractivity (Wildman–Crippen MR) is 103 cm³/mol. The van der Waals surface area contributed by atoms with Crippen LogP contribution in [-0.4, -0.2) is 54.5 Å². The van der Waals surface area contributed by atoms with Gasteiger partial charge in [-0.25, -0.2) is 17.7 Å². The van der Waals surface area contributed by atoms with Crippen LogP contribution < -0.4 is 5.32 Å². The van der Waals surface area contributed by atoms with Gasteiger partial charge in [-0.05, 0) is 30.9 Å². The molecule has 1 saturated carbocycles. The summed E-state index contributed by atoms with van der Waals surface area (Å²) in [5, 5.41) is 2.82. The summed E-state index contributed by atoms with van der Waals surface area (Å²) in [4.78, 5) is 18.7. The summed E-state index contributed by atoms with van der Waals surface area (Å²) in [5.41, 5.74) is 2.12. The highest BCUT2D eigenvalue weighted by Gasteiger charge is 2.24. The fourth-order valence-corrected chi connectivity index (χ4v) is 3.68. The zero-order valence-electron chi connectivity index (χ0n) is 15.6. The third-order valence-corrected chi connectivity index (χ3v) is 6.24. The van der Waals surface area contributed by atoms with Crippen molar-refractivity contribution in [3.8, 4) is 0 Å². The smallest absolute Gasteiger partial charge is 0.236 e. The lowest BCUT2D eigenvalue weighted by atomic mass is 9.87. The minimum atomic E-state index is -3.44. The second kappa shape index (κ2) is 9.14. The summed E-state index contributed by atoms with van der Waals surface area (Å²) in [5.74, 6) is -0.234. The quantitative estimate of drug-likeness (QED) is 0.849. The Balaban J connectivity index is 0.000000223. The molecule has 8 heteroatoms. The van der Waals surface area contributed by atoms with Gasteiger partial charge in [0.25, 0.3) is 0 Å². The number of fused-ring (bicyclic) bond motifs is 1. The predicted octanol–water partition coefficient (Wildman–Crippen LogP) is 2.14. The van der Waals surface area contributed by atoms with E-state index in [0.29, 0.717) is 5.92 Å². The van der Waals surface area contributed by atoms with Crippen LogP contribution in [0.15, 0.2) is 30.6 Å². The van der Waals surface area contributed by atoms with Gasteiger partial charge in [-0.15, -0.1) is 0 Å². The van der Waals surface area contributed by atoms with Gasteiger partial charge >= 0.3 is 0 Å². The maximum absolute atomic E-state index is 11.6. The molecule has 2 N–H and O–H groups in total. The molecule has 0 bridgehead atoms. The number of carbonyl (C=O) groups is 1. The molecule has 0 saturated heterocycles. The molecule has 144 valence electrons. The topological polar surface area (TPSA) is 95.2 Å². The molecule has 0 radical (unpaired) electrons. The van der Waals surface area contributed by atoms with Crippen LogP contribution in [0.5, 0.6) is 0 Å². The highest BCUT2D eigenvalue weighted by molar-refractivity contribution is 7.89. The van der Waals surface area contributed by atoms with Crippen LogP contribution in [0.4, 0.5) is 0 Å². The molecular weight excluding hydrogens is 352 g/mol. The van der Waals surface area contributed by atoms with E-state index < -0.39 is 21.7 Å². The molecule has 2 atom stereocenters. The second-order valence-electron chi connectivity index (χ2n) is 6.99. The normalized spacial score (nSPS) is 20.5. The van der Waals surface area contributed by atoms with E-state index in [0.717, 1.165) is 34.6 Å². The molecule has 1 aliphatic carbocycles. The third kappa shape index (κ3) is 6.10. The molecule has 1 aromatic heterocycles. The van der Waals surface area contributed by atoms with Gasteiger partial charge < -0.3 is 10.3 Å². The fraction of sp³-hybridized carbons (Fsp3) is 0.556. The number of hydrogen-bond donors (Lipinski definition) is 2. The maximum atomic E-state index is 11.6. The number of nitrogens with one attached hydrogen (secondary N) is 2. The van der Waals surface area contributed by atoms with E-state index in [2.05, 4.69) is 22.2 Å². The SMILES string of the molecule is CC1CCCC(NC(=O)CS(=O)(=O)N(C)C)C1.c1ccc2[nH]cnc2c1. The summed E-state index contributed by atoms with van der Waals surface area (Å²) in [6.45, 7) is 2.16. The average Bonchev–Trinajstić information content (AvgIpc) is 3.03. The summed E-state index contributed by atoms with van der Waals surface area (Å²) in [6.07, 6.45) is 5.91. The molecule has 7 nitrogen and oxygen atoms in total. The summed E-state index contributed by atoms with van der Waals surface area (Å²) in [6, 6.07) is 8.08. The van der Waals surface area contributed by atoms with E-state index in [4.69, 9.17) is 0 Å². The molecule has 0 aliphatic heterocycles. The Hall–Kier alpha value is -1.93. The molecule has 2 unspecified atom stereocenters. The Bertz CT molecular complexity index is 786. The largest absolute Gasteiger partial charge is 0.352 e. The van der Waals surface area contributed by atoms with Crippen molar-refractivity contribution in [2.24, 2.45) is 5.92 Å². The molecule has 0 spiro atoms. The van der Waals surface area contributed by atoms with Gasteiger partial charge in [0.05, 0.1) is 17.4 Å². The van der Waals surface area contributed by atoms with Crippen molar-refractivity contribution in [1.29, 1.82) is 0 Å². The van der Waals surface area contributed by atoms with E-state index in [1.54, 1.807) is 6.33 Å². The van der Waals surface area contributed by atoms with Gasteiger partial charge in [0.15, 0.2) is 0 Å². The Kier molecular flexibility index (Phi) is 7.16. The molecule has 1 aliphatic rings. The van der Waals surface area contributed by atoms with Crippen molar-refractivity contribution in [3.63, 3.8) is 0 Å². The van der Waals surface area contributed by atoms with E-state index in [9.17, 15) is 13.2 Å². The lowest BCUT2D eigenvalue weighted by Gasteiger charge is -2.27. The number of aromatic amines is 1. The zero-order chi connectivity index (χ0) is 19.2. The Labute approximate surface area is 155 Å². The molecule has 1 amide bonds. The molecule has 2 aromatic rings. The highest BCUT2D eigenvalue weighted by Crippen LogP contribution is 2.23. The van der Waals surface area contributed by atoms with Crippen molar-refractivity contribution in [2.75, 3.05) is 19.8 Å². The number of hydrogen-bond acceptors (Lipinski definition) is 4. The Morgan fingerprint density at radius 1 is 1.31 bits per heavy atom. The van der Waals surface area contributed by atoms with Crippen LogP contribution >= 0.6 is 0 Å². The zero-order valence-corrected chi connectivity index (χ0v) is 16.4. The van der Waals surface area contributed by atoms with Gasteiger partial charge in [-0.3, -0.25) is 4.79 Å². The van der Waals surface area contributed by atoms with E-state index in [1.165, 1.54) is 20.5 Å². The second-order valence-corrected chi connectivity index (χ2v) is 9.18.